The Morgan fingerprint density at radius 2 is 1.38 bits per heavy atom. The first-order chi connectivity index (χ1) is 3.89. The van der Waals surface area contributed by atoms with E-state index < -0.39 is 0 Å². The topological polar surface area (TPSA) is 0 Å². The minimum absolute atomic E-state index is 0.602. The number of hydrogen-bond donors (Lipinski definition) is 0. The maximum absolute atomic E-state index is 2.17. The molecular formula is C8H10. The molecule has 0 heteroatoms. The Balaban J connectivity index is 2.66. The van der Waals surface area contributed by atoms with E-state index in [1.807, 2.05) is 12.2 Å². The molecular weight excluding hydrogens is 96.1 g/mol. The van der Waals surface area contributed by atoms with E-state index in [1.54, 1.807) is 0 Å². The number of allylic oxidation sites excluding steroid dienone is 6. The molecule has 0 bridgehead atoms. The fraction of sp³-hybridized carbons (Fsp3) is 0.250. The molecule has 0 heterocycles. The van der Waals surface area contributed by atoms with E-state index in [0.29, 0.717) is 5.92 Å². The van der Waals surface area contributed by atoms with Crippen molar-refractivity contribution < 1.29 is 0 Å². The molecule has 0 unspecified atom stereocenters. The third kappa shape index (κ3) is 1.38. The van der Waals surface area contributed by atoms with Gasteiger partial charge in [0.25, 0.3) is 0 Å². The van der Waals surface area contributed by atoms with Crippen LogP contribution in [0.1, 0.15) is 6.92 Å². The fourth-order valence-electron chi connectivity index (χ4n) is 0.671. The van der Waals surface area contributed by atoms with Crippen LogP contribution in [-0.2, 0) is 0 Å². The van der Waals surface area contributed by atoms with Gasteiger partial charge in [-0.25, -0.2) is 0 Å². The highest BCUT2D eigenvalue weighted by Gasteiger charge is 1.86. The molecule has 0 N–H and O–H groups in total. The minimum Gasteiger partial charge on any atom is -0.0779 e. The van der Waals surface area contributed by atoms with Crippen molar-refractivity contribution in [2.24, 2.45) is 5.92 Å². The highest BCUT2D eigenvalue weighted by atomic mass is 13.9. The van der Waals surface area contributed by atoms with Crippen LogP contribution in [-0.4, -0.2) is 0 Å². The van der Waals surface area contributed by atoms with Crippen molar-refractivity contribution in [3.63, 3.8) is 0 Å². The molecule has 0 radical (unpaired) electrons. The Kier molecular flexibility index (Phi) is 1.68. The summed E-state index contributed by atoms with van der Waals surface area (Å²) < 4.78 is 0. The van der Waals surface area contributed by atoms with Gasteiger partial charge in [-0.3, -0.25) is 0 Å². The molecule has 0 amide bonds. The Morgan fingerprint density at radius 3 is 1.88 bits per heavy atom. The van der Waals surface area contributed by atoms with Gasteiger partial charge in [-0.15, -0.1) is 0 Å². The molecule has 0 aliphatic heterocycles. The molecule has 0 atom stereocenters. The van der Waals surface area contributed by atoms with Crippen LogP contribution in [0.25, 0.3) is 0 Å². The van der Waals surface area contributed by atoms with Crippen molar-refractivity contribution in [1.82, 2.24) is 0 Å². The fourth-order valence-corrected chi connectivity index (χ4v) is 0.671. The van der Waals surface area contributed by atoms with E-state index in [-0.39, 0.29) is 0 Å². The molecule has 0 saturated carbocycles. The molecule has 0 spiro atoms. The lowest BCUT2D eigenvalue weighted by atomic mass is 10.2. The Hall–Kier alpha value is -0.780. The van der Waals surface area contributed by atoms with Gasteiger partial charge in [0.2, 0.25) is 0 Å². The second kappa shape index (κ2) is 2.51. The largest absolute Gasteiger partial charge is 0.0779 e. The molecule has 0 aromatic carbocycles. The molecule has 1 rings (SSSR count). The summed E-state index contributed by atoms with van der Waals surface area (Å²) in [4.78, 5) is 0. The van der Waals surface area contributed by atoms with Gasteiger partial charge < -0.3 is 0 Å². The van der Waals surface area contributed by atoms with E-state index in [4.69, 9.17) is 0 Å². The van der Waals surface area contributed by atoms with Crippen LogP contribution < -0.4 is 0 Å². The summed E-state index contributed by atoms with van der Waals surface area (Å²) in [5, 5.41) is 0. The Labute approximate surface area is 50.2 Å². The highest BCUT2D eigenvalue weighted by molar-refractivity contribution is 5.18. The summed E-state index contributed by atoms with van der Waals surface area (Å²) in [7, 11) is 0. The summed E-state index contributed by atoms with van der Waals surface area (Å²) in [6.07, 6.45) is 12.6. The second-order valence-corrected chi connectivity index (χ2v) is 2.01. The molecule has 0 aromatic heterocycles. The Bertz CT molecular complexity index is 122. The summed E-state index contributed by atoms with van der Waals surface area (Å²) >= 11 is 0. The molecule has 0 nitrogen and oxygen atoms in total. The molecule has 1 aliphatic carbocycles. The summed E-state index contributed by atoms with van der Waals surface area (Å²) in [6.45, 7) is 2.17. The average Bonchev–Trinajstić information content (AvgIpc) is 1.94. The van der Waals surface area contributed by atoms with Crippen LogP contribution >= 0.6 is 0 Å². The lowest BCUT2D eigenvalue weighted by Gasteiger charge is -1.90. The third-order valence-electron chi connectivity index (χ3n) is 1.16. The van der Waals surface area contributed by atoms with Crippen LogP contribution in [0.2, 0.25) is 0 Å². The lowest BCUT2D eigenvalue weighted by molar-refractivity contribution is 0.943. The first-order valence-corrected chi connectivity index (χ1v) is 2.91. The average molecular weight is 106 g/mol. The monoisotopic (exact) mass is 106 g/mol. The first-order valence-electron chi connectivity index (χ1n) is 2.91. The van der Waals surface area contributed by atoms with E-state index in [0.717, 1.165) is 0 Å². The van der Waals surface area contributed by atoms with Crippen molar-refractivity contribution in [1.29, 1.82) is 0 Å². The summed E-state index contributed by atoms with van der Waals surface area (Å²) in [5.74, 6) is 0.602. The zero-order valence-corrected chi connectivity index (χ0v) is 5.04. The quantitative estimate of drug-likeness (QED) is 0.444. The molecule has 0 aromatic rings. The van der Waals surface area contributed by atoms with Gasteiger partial charge in [0.15, 0.2) is 0 Å². The van der Waals surface area contributed by atoms with Gasteiger partial charge in [0, 0.05) is 0 Å². The van der Waals surface area contributed by atoms with Gasteiger partial charge in [-0.1, -0.05) is 43.4 Å². The molecule has 1 aliphatic rings. The van der Waals surface area contributed by atoms with E-state index in [1.165, 1.54) is 0 Å². The van der Waals surface area contributed by atoms with E-state index >= 15 is 0 Å². The highest BCUT2D eigenvalue weighted by Crippen LogP contribution is 2.02. The van der Waals surface area contributed by atoms with Gasteiger partial charge >= 0.3 is 0 Å². The lowest BCUT2D eigenvalue weighted by Crippen LogP contribution is -1.77. The zero-order valence-electron chi connectivity index (χ0n) is 5.04. The second-order valence-electron chi connectivity index (χ2n) is 2.01. The molecule has 8 heavy (non-hydrogen) atoms. The number of hydrogen-bond acceptors (Lipinski definition) is 0. The van der Waals surface area contributed by atoms with Crippen LogP contribution in [0.15, 0.2) is 36.5 Å². The zero-order chi connectivity index (χ0) is 5.82. The van der Waals surface area contributed by atoms with Crippen molar-refractivity contribution in [2.75, 3.05) is 0 Å². The van der Waals surface area contributed by atoms with Crippen LogP contribution in [0.5, 0.6) is 0 Å². The summed E-state index contributed by atoms with van der Waals surface area (Å²) in [6, 6.07) is 0. The van der Waals surface area contributed by atoms with Crippen molar-refractivity contribution >= 4 is 0 Å². The minimum atomic E-state index is 0.602. The van der Waals surface area contributed by atoms with Gasteiger partial charge in [0.05, 0.1) is 0 Å². The molecule has 0 saturated heterocycles. The van der Waals surface area contributed by atoms with Crippen molar-refractivity contribution in [3.8, 4) is 0 Å². The standard InChI is InChI=1S/C8H10/c1-8-6-4-2-3-5-7-8/h2-8H,1H3. The van der Waals surface area contributed by atoms with Crippen LogP contribution in [0, 0.1) is 5.92 Å². The predicted octanol–water partition coefficient (Wildman–Crippen LogP) is 2.30. The van der Waals surface area contributed by atoms with E-state index in [2.05, 4.69) is 31.2 Å². The van der Waals surface area contributed by atoms with Gasteiger partial charge in [-0.2, -0.15) is 0 Å². The maximum Gasteiger partial charge on any atom is -0.00756 e. The van der Waals surface area contributed by atoms with Gasteiger partial charge in [-0.05, 0) is 5.92 Å². The van der Waals surface area contributed by atoms with Crippen LogP contribution in [0.4, 0.5) is 0 Å². The number of rotatable bonds is 0. The normalized spacial score (nSPS) is 19.1. The van der Waals surface area contributed by atoms with E-state index in [9.17, 15) is 0 Å². The first kappa shape index (κ1) is 5.36. The summed E-state index contributed by atoms with van der Waals surface area (Å²) in [5.41, 5.74) is 0. The smallest absolute Gasteiger partial charge is 0.00756 e. The predicted molar refractivity (Wildman–Crippen MR) is 36.6 cm³/mol. The van der Waals surface area contributed by atoms with Gasteiger partial charge in [0.1, 0.15) is 0 Å². The van der Waals surface area contributed by atoms with Crippen LogP contribution in [0.3, 0.4) is 0 Å². The van der Waals surface area contributed by atoms with Crippen molar-refractivity contribution in [3.05, 3.63) is 36.5 Å². The van der Waals surface area contributed by atoms with Crippen molar-refractivity contribution in [2.45, 2.75) is 6.92 Å². The maximum atomic E-state index is 2.17. The SMILES string of the molecule is CC1C=CC=CC=C1. The third-order valence-corrected chi connectivity index (χ3v) is 1.16. The molecule has 0 fully saturated rings. The Morgan fingerprint density at radius 1 is 0.875 bits per heavy atom. The molecule has 42 valence electrons.